The van der Waals surface area contributed by atoms with Gasteiger partial charge in [-0.05, 0) is 40.8 Å². The summed E-state index contributed by atoms with van der Waals surface area (Å²) in [6, 6.07) is 3.55. The number of rotatable bonds is 5. The molecule has 0 heterocycles. The molecule has 2 N–H and O–H groups in total. The monoisotopic (exact) mass is 314 g/mol. The molecule has 1 aliphatic carbocycles. The molecule has 1 fully saturated rings. The molecule has 1 saturated carbocycles. The number of phenolic OH excluding ortho intramolecular Hbond substituents is 1. The Kier molecular flexibility index (Phi) is 3.80. The number of phenols is 1. The first-order chi connectivity index (χ1) is 8.54. The molecular weight excluding hydrogens is 300 g/mol. The average Bonchev–Trinajstić information content (AvgIpc) is 3.11. The minimum atomic E-state index is -0.840. The fraction of sp³-hybridized carbons (Fsp3) is 0.462. The number of ether oxygens (including phenoxy) is 1. The lowest BCUT2D eigenvalue weighted by Gasteiger charge is -2.18. The van der Waals surface area contributed by atoms with Crippen LogP contribution in [-0.4, -0.2) is 23.3 Å². The summed E-state index contributed by atoms with van der Waals surface area (Å²) in [6.07, 6.45) is 2.09. The highest BCUT2D eigenvalue weighted by molar-refractivity contribution is 9.10. The molecule has 18 heavy (non-hydrogen) atoms. The molecule has 0 bridgehead atoms. The van der Waals surface area contributed by atoms with Crippen molar-refractivity contribution in [1.82, 2.24) is 0 Å². The van der Waals surface area contributed by atoms with Crippen LogP contribution in [0.25, 0.3) is 0 Å². The van der Waals surface area contributed by atoms with Crippen LogP contribution in [0.2, 0.25) is 0 Å². The summed E-state index contributed by atoms with van der Waals surface area (Å²) < 4.78 is 5.79. The van der Waals surface area contributed by atoms with E-state index in [9.17, 15) is 9.90 Å². The minimum absolute atomic E-state index is 0.0447. The van der Waals surface area contributed by atoms with Gasteiger partial charge in [-0.2, -0.15) is 0 Å². The third-order valence-corrected chi connectivity index (χ3v) is 3.93. The second kappa shape index (κ2) is 5.18. The number of halogens is 1. The summed E-state index contributed by atoms with van der Waals surface area (Å²) >= 11 is 3.29. The van der Waals surface area contributed by atoms with Gasteiger partial charge in [-0.1, -0.05) is 6.07 Å². The first-order valence-electron chi connectivity index (χ1n) is 5.81. The second-order valence-electron chi connectivity index (χ2n) is 4.56. The van der Waals surface area contributed by atoms with E-state index in [-0.39, 0.29) is 18.1 Å². The lowest BCUT2D eigenvalue weighted by molar-refractivity contribution is -0.137. The highest BCUT2D eigenvalue weighted by Gasteiger charge is 2.35. The predicted molar refractivity (Wildman–Crippen MR) is 70.1 cm³/mol. The second-order valence-corrected chi connectivity index (χ2v) is 5.41. The van der Waals surface area contributed by atoms with Crippen LogP contribution in [0.3, 0.4) is 0 Å². The summed E-state index contributed by atoms with van der Waals surface area (Å²) in [7, 11) is 1.48. The van der Waals surface area contributed by atoms with Crippen LogP contribution in [0.4, 0.5) is 0 Å². The molecule has 0 radical (unpaired) electrons. The van der Waals surface area contributed by atoms with Gasteiger partial charge >= 0.3 is 5.97 Å². The first kappa shape index (κ1) is 13.2. The van der Waals surface area contributed by atoms with Crippen LogP contribution in [0.15, 0.2) is 16.6 Å². The van der Waals surface area contributed by atoms with E-state index in [2.05, 4.69) is 15.9 Å². The SMILES string of the molecule is COc1c(Br)ccc(C(CC(=O)O)C2CC2)c1O. The third kappa shape index (κ3) is 2.61. The van der Waals surface area contributed by atoms with Crippen molar-refractivity contribution in [1.29, 1.82) is 0 Å². The van der Waals surface area contributed by atoms with E-state index in [0.717, 1.165) is 12.8 Å². The van der Waals surface area contributed by atoms with Gasteiger partial charge in [0.05, 0.1) is 18.0 Å². The molecule has 1 atom stereocenters. The minimum Gasteiger partial charge on any atom is -0.504 e. The number of benzene rings is 1. The quantitative estimate of drug-likeness (QED) is 0.876. The van der Waals surface area contributed by atoms with Gasteiger partial charge in [-0.3, -0.25) is 4.79 Å². The van der Waals surface area contributed by atoms with Gasteiger partial charge in [0.25, 0.3) is 0 Å². The van der Waals surface area contributed by atoms with Crippen molar-refractivity contribution >= 4 is 21.9 Å². The summed E-state index contributed by atoms with van der Waals surface area (Å²) in [5, 5.41) is 19.2. The molecular formula is C13H15BrO4. The van der Waals surface area contributed by atoms with Crippen LogP contribution < -0.4 is 4.74 Å². The number of aromatic hydroxyl groups is 1. The Bertz CT molecular complexity index is 468. The molecule has 1 unspecified atom stereocenters. The molecule has 0 amide bonds. The zero-order valence-electron chi connectivity index (χ0n) is 10.0. The van der Waals surface area contributed by atoms with E-state index < -0.39 is 5.97 Å². The number of carbonyl (C=O) groups is 1. The highest BCUT2D eigenvalue weighted by Crippen LogP contribution is 2.49. The van der Waals surface area contributed by atoms with Crippen LogP contribution in [0.1, 0.15) is 30.7 Å². The molecule has 5 heteroatoms. The van der Waals surface area contributed by atoms with E-state index in [1.165, 1.54) is 7.11 Å². The fourth-order valence-corrected chi connectivity index (χ4v) is 2.75. The van der Waals surface area contributed by atoms with Gasteiger partial charge < -0.3 is 14.9 Å². The molecule has 1 aromatic carbocycles. The summed E-state index contributed by atoms with van der Waals surface area (Å²) in [4.78, 5) is 10.9. The Morgan fingerprint density at radius 3 is 2.72 bits per heavy atom. The van der Waals surface area contributed by atoms with Gasteiger partial charge in [0.1, 0.15) is 0 Å². The van der Waals surface area contributed by atoms with Crippen molar-refractivity contribution in [3.05, 3.63) is 22.2 Å². The molecule has 1 aromatic rings. The van der Waals surface area contributed by atoms with Gasteiger partial charge in [-0.15, -0.1) is 0 Å². The Morgan fingerprint density at radius 2 is 2.22 bits per heavy atom. The lowest BCUT2D eigenvalue weighted by Crippen LogP contribution is -2.09. The van der Waals surface area contributed by atoms with Gasteiger partial charge in [-0.25, -0.2) is 0 Å². The molecule has 1 aliphatic rings. The molecule has 0 saturated heterocycles. The van der Waals surface area contributed by atoms with Crippen molar-refractivity contribution in [2.45, 2.75) is 25.2 Å². The van der Waals surface area contributed by atoms with E-state index in [4.69, 9.17) is 9.84 Å². The standard InChI is InChI=1S/C13H15BrO4/c1-18-13-10(14)5-4-8(12(13)17)9(6-11(15)16)7-2-3-7/h4-5,7,9,17H,2-3,6H2,1H3,(H,15,16). The lowest BCUT2D eigenvalue weighted by atomic mass is 9.90. The van der Waals surface area contributed by atoms with Crippen LogP contribution >= 0.6 is 15.9 Å². The molecule has 0 aromatic heterocycles. The molecule has 4 nitrogen and oxygen atoms in total. The number of methoxy groups -OCH3 is 1. The smallest absolute Gasteiger partial charge is 0.303 e. The number of hydrogen-bond acceptors (Lipinski definition) is 3. The Labute approximate surface area is 114 Å². The van der Waals surface area contributed by atoms with E-state index >= 15 is 0 Å². The maximum absolute atomic E-state index is 10.9. The highest BCUT2D eigenvalue weighted by atomic mass is 79.9. The summed E-state index contributed by atoms with van der Waals surface area (Å²) in [6.45, 7) is 0. The number of aliphatic carboxylic acids is 1. The topological polar surface area (TPSA) is 66.8 Å². The Balaban J connectivity index is 2.38. The van der Waals surface area contributed by atoms with Crippen LogP contribution in [0, 0.1) is 5.92 Å². The van der Waals surface area contributed by atoms with E-state index in [1.807, 2.05) is 0 Å². The summed E-state index contributed by atoms with van der Waals surface area (Å²) in [5.41, 5.74) is 0.667. The maximum Gasteiger partial charge on any atom is 0.303 e. The molecule has 2 rings (SSSR count). The van der Waals surface area contributed by atoms with Crippen LogP contribution in [-0.2, 0) is 4.79 Å². The van der Waals surface area contributed by atoms with Gasteiger partial charge in [0.15, 0.2) is 11.5 Å². The third-order valence-electron chi connectivity index (χ3n) is 3.30. The van der Waals surface area contributed by atoms with Gasteiger partial charge in [0.2, 0.25) is 0 Å². The fourth-order valence-electron chi connectivity index (χ4n) is 2.27. The van der Waals surface area contributed by atoms with Crippen LogP contribution in [0.5, 0.6) is 11.5 Å². The molecule has 0 spiro atoms. The van der Waals surface area contributed by atoms with Gasteiger partial charge in [0, 0.05) is 11.5 Å². The maximum atomic E-state index is 10.9. The van der Waals surface area contributed by atoms with Crippen molar-refractivity contribution in [3.8, 4) is 11.5 Å². The van der Waals surface area contributed by atoms with Crippen molar-refractivity contribution in [2.24, 2.45) is 5.92 Å². The van der Waals surface area contributed by atoms with E-state index in [1.54, 1.807) is 12.1 Å². The van der Waals surface area contributed by atoms with Crippen molar-refractivity contribution in [2.75, 3.05) is 7.11 Å². The molecule has 98 valence electrons. The number of carboxylic acids is 1. The zero-order chi connectivity index (χ0) is 13.3. The average molecular weight is 315 g/mol. The summed E-state index contributed by atoms with van der Waals surface area (Å²) in [5.74, 6) is -0.205. The first-order valence-corrected chi connectivity index (χ1v) is 6.61. The number of hydrogen-bond donors (Lipinski definition) is 2. The Hall–Kier alpha value is -1.23. The largest absolute Gasteiger partial charge is 0.504 e. The predicted octanol–water partition coefficient (Wildman–Crippen LogP) is 3.13. The number of carboxylic acid groups (broad SMARTS) is 1. The molecule has 0 aliphatic heterocycles. The van der Waals surface area contributed by atoms with Crippen molar-refractivity contribution < 1.29 is 19.7 Å². The van der Waals surface area contributed by atoms with E-state index in [0.29, 0.717) is 21.7 Å². The zero-order valence-corrected chi connectivity index (χ0v) is 11.6. The normalized spacial score (nSPS) is 16.3. The Morgan fingerprint density at radius 1 is 1.56 bits per heavy atom. The van der Waals surface area contributed by atoms with Crippen molar-refractivity contribution in [3.63, 3.8) is 0 Å².